The van der Waals surface area contributed by atoms with Crippen molar-refractivity contribution in [3.63, 3.8) is 0 Å². The normalized spacial score (nSPS) is 13.9. The van der Waals surface area contributed by atoms with Crippen LogP contribution in [0, 0.1) is 0 Å². The Labute approximate surface area is 159 Å². The van der Waals surface area contributed by atoms with Gasteiger partial charge in [0.1, 0.15) is 17.5 Å². The molecule has 3 rings (SSSR count). The van der Waals surface area contributed by atoms with Crippen molar-refractivity contribution in [3.8, 4) is 11.5 Å². The monoisotopic (exact) mass is 368 g/mol. The van der Waals surface area contributed by atoms with Gasteiger partial charge in [-0.05, 0) is 48.7 Å². The fraction of sp³-hybridized carbons (Fsp3) is 0.333. The van der Waals surface area contributed by atoms with Crippen LogP contribution in [0.4, 0.5) is 0 Å². The molecule has 6 nitrogen and oxygen atoms in total. The number of carbonyl (C=O) groups excluding carboxylic acids is 2. The van der Waals surface area contributed by atoms with E-state index in [9.17, 15) is 9.59 Å². The molecule has 0 fully saturated rings. The lowest BCUT2D eigenvalue weighted by atomic mass is 10.1. The van der Waals surface area contributed by atoms with Crippen molar-refractivity contribution in [2.24, 2.45) is 0 Å². The molecule has 0 bridgehead atoms. The maximum atomic E-state index is 12.5. The number of nitrogens with zero attached hydrogens (tertiary/aromatic N) is 1. The van der Waals surface area contributed by atoms with Gasteiger partial charge in [-0.1, -0.05) is 18.2 Å². The summed E-state index contributed by atoms with van der Waals surface area (Å²) in [7, 11) is 3.22. The summed E-state index contributed by atoms with van der Waals surface area (Å²) >= 11 is 0. The first-order valence-electron chi connectivity index (χ1n) is 8.92. The summed E-state index contributed by atoms with van der Waals surface area (Å²) < 4.78 is 10.6. The second-order valence-corrected chi connectivity index (χ2v) is 6.48. The van der Waals surface area contributed by atoms with Gasteiger partial charge in [-0.15, -0.1) is 0 Å². The molecule has 1 atom stereocenters. The largest absolute Gasteiger partial charge is 0.497 e. The van der Waals surface area contributed by atoms with Gasteiger partial charge in [-0.25, -0.2) is 0 Å². The molecule has 1 heterocycles. The lowest BCUT2D eigenvalue weighted by molar-refractivity contribution is -0.125. The molecule has 6 heteroatoms. The third kappa shape index (κ3) is 3.89. The van der Waals surface area contributed by atoms with E-state index in [1.165, 1.54) is 0 Å². The molecule has 2 amide bonds. The average Bonchev–Trinajstić information content (AvgIpc) is 3.04. The second-order valence-electron chi connectivity index (χ2n) is 6.48. The zero-order chi connectivity index (χ0) is 19.4. The predicted octanol–water partition coefficient (Wildman–Crippen LogP) is 2.41. The molecular weight excluding hydrogens is 344 g/mol. The van der Waals surface area contributed by atoms with Gasteiger partial charge in [0.2, 0.25) is 5.91 Å². The summed E-state index contributed by atoms with van der Waals surface area (Å²) in [6.07, 6.45) is 0.604. The number of fused-ring (bicyclic) bond motifs is 1. The summed E-state index contributed by atoms with van der Waals surface area (Å²) in [4.78, 5) is 26.6. The van der Waals surface area contributed by atoms with Crippen LogP contribution in [0.25, 0.3) is 0 Å². The summed E-state index contributed by atoms with van der Waals surface area (Å²) in [5.74, 6) is 1.23. The van der Waals surface area contributed by atoms with E-state index >= 15 is 0 Å². The van der Waals surface area contributed by atoms with Crippen LogP contribution in [0.1, 0.15) is 28.4 Å². The number of methoxy groups -OCH3 is 2. The molecule has 0 spiro atoms. The van der Waals surface area contributed by atoms with Crippen LogP contribution in [0.2, 0.25) is 0 Å². The van der Waals surface area contributed by atoms with E-state index in [1.807, 2.05) is 36.4 Å². The van der Waals surface area contributed by atoms with Crippen molar-refractivity contribution < 1.29 is 19.1 Å². The Morgan fingerprint density at radius 1 is 1.19 bits per heavy atom. The highest BCUT2D eigenvalue weighted by atomic mass is 16.5. The number of hydrogen-bond acceptors (Lipinski definition) is 4. The van der Waals surface area contributed by atoms with Crippen molar-refractivity contribution in [2.45, 2.75) is 25.9 Å². The van der Waals surface area contributed by atoms with Gasteiger partial charge in [0.15, 0.2) is 0 Å². The Morgan fingerprint density at radius 2 is 1.96 bits per heavy atom. The SMILES string of the molecule is COc1ccc(OC)c(CCNC(=O)C(C)N2Cc3ccccc3C2=O)c1. The highest BCUT2D eigenvalue weighted by Crippen LogP contribution is 2.25. The van der Waals surface area contributed by atoms with Crippen LogP contribution < -0.4 is 14.8 Å². The van der Waals surface area contributed by atoms with E-state index in [0.717, 1.165) is 22.6 Å². The Hall–Kier alpha value is -3.02. The molecule has 142 valence electrons. The van der Waals surface area contributed by atoms with Crippen LogP contribution in [-0.2, 0) is 17.8 Å². The standard InChI is InChI=1S/C21H24N2O4/c1-14(23-13-16-6-4-5-7-18(16)21(23)25)20(24)22-11-10-15-12-17(26-2)8-9-19(15)27-3/h4-9,12,14H,10-11,13H2,1-3H3,(H,22,24). The van der Waals surface area contributed by atoms with Crippen LogP contribution in [-0.4, -0.2) is 43.5 Å². The molecule has 0 saturated carbocycles. The molecule has 0 radical (unpaired) electrons. The molecule has 1 aliphatic rings. The zero-order valence-electron chi connectivity index (χ0n) is 15.8. The first kappa shape index (κ1) is 18.8. The zero-order valence-corrected chi connectivity index (χ0v) is 15.8. The van der Waals surface area contributed by atoms with Crippen LogP contribution in [0.3, 0.4) is 0 Å². The first-order chi connectivity index (χ1) is 13.0. The van der Waals surface area contributed by atoms with Gasteiger partial charge < -0.3 is 19.7 Å². The third-order valence-electron chi connectivity index (χ3n) is 4.88. The van der Waals surface area contributed by atoms with Crippen molar-refractivity contribution in [1.82, 2.24) is 10.2 Å². The smallest absolute Gasteiger partial charge is 0.255 e. The minimum absolute atomic E-state index is 0.0947. The summed E-state index contributed by atoms with van der Waals surface area (Å²) in [6.45, 7) is 2.67. The molecule has 1 N–H and O–H groups in total. The lowest BCUT2D eigenvalue weighted by Crippen LogP contribution is -2.45. The first-order valence-corrected chi connectivity index (χ1v) is 8.92. The Kier molecular flexibility index (Phi) is 5.64. The summed E-state index contributed by atoms with van der Waals surface area (Å²) in [6, 6.07) is 12.5. The Balaban J connectivity index is 1.58. The predicted molar refractivity (Wildman–Crippen MR) is 102 cm³/mol. The number of benzene rings is 2. The number of hydrogen-bond donors (Lipinski definition) is 1. The molecule has 0 aliphatic carbocycles. The van der Waals surface area contributed by atoms with Gasteiger partial charge >= 0.3 is 0 Å². The topological polar surface area (TPSA) is 67.9 Å². The van der Waals surface area contributed by atoms with Gasteiger partial charge in [0, 0.05) is 18.7 Å². The molecule has 1 aliphatic heterocycles. The fourth-order valence-electron chi connectivity index (χ4n) is 3.28. The Morgan fingerprint density at radius 3 is 2.67 bits per heavy atom. The van der Waals surface area contributed by atoms with Crippen molar-refractivity contribution in [1.29, 1.82) is 0 Å². The number of nitrogens with one attached hydrogen (secondary N) is 1. The molecule has 1 unspecified atom stereocenters. The van der Waals surface area contributed by atoms with Crippen molar-refractivity contribution >= 4 is 11.8 Å². The van der Waals surface area contributed by atoms with E-state index in [4.69, 9.17) is 9.47 Å². The quantitative estimate of drug-likeness (QED) is 0.815. The lowest BCUT2D eigenvalue weighted by Gasteiger charge is -2.23. The van der Waals surface area contributed by atoms with E-state index in [-0.39, 0.29) is 11.8 Å². The third-order valence-corrected chi connectivity index (χ3v) is 4.88. The summed E-state index contributed by atoms with van der Waals surface area (Å²) in [5.41, 5.74) is 2.59. The minimum atomic E-state index is -0.530. The molecule has 0 aromatic heterocycles. The fourth-order valence-corrected chi connectivity index (χ4v) is 3.28. The Bertz CT molecular complexity index is 850. The maximum Gasteiger partial charge on any atom is 0.255 e. The molecular formula is C21H24N2O4. The van der Waals surface area contributed by atoms with Crippen LogP contribution >= 0.6 is 0 Å². The number of rotatable bonds is 7. The van der Waals surface area contributed by atoms with Gasteiger partial charge in [0.05, 0.1) is 14.2 Å². The van der Waals surface area contributed by atoms with E-state index in [2.05, 4.69) is 5.32 Å². The maximum absolute atomic E-state index is 12.5. The molecule has 2 aromatic rings. The summed E-state index contributed by atoms with van der Waals surface area (Å²) in [5, 5.41) is 2.91. The highest BCUT2D eigenvalue weighted by molar-refractivity contribution is 6.01. The molecule has 2 aromatic carbocycles. The molecule has 0 saturated heterocycles. The van der Waals surface area contributed by atoms with Crippen LogP contribution in [0.15, 0.2) is 42.5 Å². The van der Waals surface area contributed by atoms with Gasteiger partial charge in [-0.3, -0.25) is 9.59 Å². The van der Waals surface area contributed by atoms with Gasteiger partial charge in [0.25, 0.3) is 5.91 Å². The van der Waals surface area contributed by atoms with E-state index < -0.39 is 6.04 Å². The van der Waals surface area contributed by atoms with Crippen molar-refractivity contribution in [2.75, 3.05) is 20.8 Å². The highest BCUT2D eigenvalue weighted by Gasteiger charge is 2.33. The number of carbonyl (C=O) groups is 2. The van der Waals surface area contributed by atoms with Crippen molar-refractivity contribution in [3.05, 3.63) is 59.2 Å². The number of amides is 2. The van der Waals surface area contributed by atoms with E-state index in [0.29, 0.717) is 25.1 Å². The van der Waals surface area contributed by atoms with Crippen LogP contribution in [0.5, 0.6) is 11.5 Å². The molecule has 27 heavy (non-hydrogen) atoms. The minimum Gasteiger partial charge on any atom is -0.497 e. The number of ether oxygens (including phenoxy) is 2. The second kappa shape index (κ2) is 8.12. The van der Waals surface area contributed by atoms with E-state index in [1.54, 1.807) is 32.1 Å². The average molecular weight is 368 g/mol. The van der Waals surface area contributed by atoms with Gasteiger partial charge in [-0.2, -0.15) is 0 Å².